The van der Waals surface area contributed by atoms with E-state index in [1.165, 1.54) is 51.4 Å². The fraction of sp³-hybridized carbons (Fsp3) is 0.533. The number of hydrogen-bond donors (Lipinski definition) is 0. The van der Waals surface area contributed by atoms with Gasteiger partial charge in [0.05, 0.1) is 24.3 Å². The van der Waals surface area contributed by atoms with E-state index in [4.69, 9.17) is 9.47 Å². The van der Waals surface area contributed by atoms with Crippen molar-refractivity contribution in [2.24, 2.45) is 0 Å². The quantitative estimate of drug-likeness (QED) is 0.202. The predicted octanol–water partition coefficient (Wildman–Crippen LogP) is 7.94. The van der Waals surface area contributed by atoms with Gasteiger partial charge in [-0.3, -0.25) is 9.59 Å². The van der Waals surface area contributed by atoms with Crippen molar-refractivity contribution in [3.63, 3.8) is 0 Å². The maximum absolute atomic E-state index is 13.4. The third kappa shape index (κ3) is 6.71. The Labute approximate surface area is 205 Å². The third-order valence-electron chi connectivity index (χ3n) is 6.51. The third-order valence-corrected chi connectivity index (χ3v) is 6.51. The summed E-state index contributed by atoms with van der Waals surface area (Å²) in [7, 11) is 0. The first-order chi connectivity index (χ1) is 16.7. The van der Waals surface area contributed by atoms with E-state index < -0.39 is 0 Å². The summed E-state index contributed by atoms with van der Waals surface area (Å²) in [6.07, 6.45) is 14.0. The van der Waals surface area contributed by atoms with Gasteiger partial charge in [0.2, 0.25) is 0 Å². The Morgan fingerprint density at radius 1 is 0.529 bits per heavy atom. The molecule has 0 saturated carbocycles. The van der Waals surface area contributed by atoms with Gasteiger partial charge in [-0.1, -0.05) is 102 Å². The molecule has 2 aromatic carbocycles. The molecule has 0 aromatic heterocycles. The minimum atomic E-state index is -0.159. The molecule has 0 atom stereocenters. The number of ether oxygens (including phenoxy) is 2. The van der Waals surface area contributed by atoms with E-state index in [0.717, 1.165) is 25.7 Å². The first-order valence-electron chi connectivity index (χ1n) is 13.3. The molecule has 4 nitrogen and oxygen atoms in total. The predicted molar refractivity (Wildman–Crippen MR) is 137 cm³/mol. The lowest BCUT2D eigenvalue weighted by atomic mass is 9.83. The zero-order chi connectivity index (χ0) is 24.2. The van der Waals surface area contributed by atoms with Crippen LogP contribution in [0.2, 0.25) is 0 Å². The lowest BCUT2D eigenvalue weighted by Crippen LogP contribution is -2.23. The van der Waals surface area contributed by atoms with Gasteiger partial charge >= 0.3 is 0 Å². The lowest BCUT2D eigenvalue weighted by Gasteiger charge is -2.22. The van der Waals surface area contributed by atoms with Crippen molar-refractivity contribution < 1.29 is 19.1 Å². The molecule has 2 aromatic rings. The summed E-state index contributed by atoms with van der Waals surface area (Å²) in [4.78, 5) is 26.8. The maximum atomic E-state index is 13.4. The van der Waals surface area contributed by atoms with Gasteiger partial charge in [-0.25, -0.2) is 0 Å². The van der Waals surface area contributed by atoms with E-state index in [9.17, 15) is 9.59 Å². The van der Waals surface area contributed by atoms with Crippen LogP contribution in [0, 0.1) is 0 Å². The monoisotopic (exact) mass is 464 g/mol. The second-order valence-electron chi connectivity index (χ2n) is 9.25. The summed E-state index contributed by atoms with van der Waals surface area (Å²) in [6, 6.07) is 10.6. The Morgan fingerprint density at radius 3 is 1.32 bits per heavy atom. The average molecular weight is 465 g/mol. The number of rotatable bonds is 16. The van der Waals surface area contributed by atoms with Crippen molar-refractivity contribution in [2.75, 3.05) is 13.2 Å². The number of unbranched alkanes of at least 4 members (excludes halogenated alkanes) is 10. The fourth-order valence-electron chi connectivity index (χ4n) is 4.55. The van der Waals surface area contributed by atoms with Crippen LogP contribution in [0.5, 0.6) is 11.5 Å². The largest absolute Gasteiger partial charge is 0.493 e. The van der Waals surface area contributed by atoms with Crippen molar-refractivity contribution in [1.82, 2.24) is 0 Å². The van der Waals surface area contributed by atoms with Crippen molar-refractivity contribution in [1.29, 1.82) is 0 Å². The highest BCUT2D eigenvalue weighted by atomic mass is 16.5. The highest BCUT2D eigenvalue weighted by Gasteiger charge is 2.34. The van der Waals surface area contributed by atoms with Crippen LogP contribution >= 0.6 is 0 Å². The maximum Gasteiger partial charge on any atom is 0.198 e. The number of ketones is 2. The molecule has 34 heavy (non-hydrogen) atoms. The smallest absolute Gasteiger partial charge is 0.198 e. The second-order valence-corrected chi connectivity index (χ2v) is 9.25. The molecule has 0 unspecified atom stereocenters. The van der Waals surface area contributed by atoms with E-state index in [1.54, 1.807) is 36.4 Å². The Bertz CT molecular complexity index is 869. The molecule has 184 valence electrons. The van der Waals surface area contributed by atoms with E-state index in [-0.39, 0.29) is 11.6 Å². The zero-order valence-electron chi connectivity index (χ0n) is 21.0. The molecule has 4 heteroatoms. The lowest BCUT2D eigenvalue weighted by molar-refractivity contribution is 0.0972. The molecular weight excluding hydrogens is 424 g/mol. The molecule has 0 bridgehead atoms. The van der Waals surface area contributed by atoms with Crippen LogP contribution in [-0.4, -0.2) is 24.8 Å². The van der Waals surface area contributed by atoms with Gasteiger partial charge in [-0.15, -0.1) is 0 Å². The van der Waals surface area contributed by atoms with E-state index >= 15 is 0 Å². The molecule has 1 aliphatic rings. The zero-order valence-corrected chi connectivity index (χ0v) is 21.0. The van der Waals surface area contributed by atoms with E-state index in [2.05, 4.69) is 13.8 Å². The Balaban J connectivity index is 1.65. The van der Waals surface area contributed by atoms with Crippen LogP contribution < -0.4 is 9.47 Å². The minimum absolute atomic E-state index is 0.159. The van der Waals surface area contributed by atoms with Gasteiger partial charge in [-0.2, -0.15) is 0 Å². The minimum Gasteiger partial charge on any atom is -0.493 e. The second kappa shape index (κ2) is 13.9. The summed E-state index contributed by atoms with van der Waals surface area (Å²) < 4.78 is 12.0. The Kier molecular flexibility index (Phi) is 10.7. The summed E-state index contributed by atoms with van der Waals surface area (Å²) in [5.41, 5.74) is 1.60. The average Bonchev–Trinajstić information content (AvgIpc) is 2.86. The molecule has 0 saturated heterocycles. The van der Waals surface area contributed by atoms with E-state index in [0.29, 0.717) is 47.0 Å². The van der Waals surface area contributed by atoms with Crippen molar-refractivity contribution >= 4 is 11.6 Å². The van der Waals surface area contributed by atoms with Gasteiger partial charge in [0.1, 0.15) is 11.5 Å². The number of carbonyl (C=O) groups is 2. The van der Waals surface area contributed by atoms with Crippen LogP contribution in [-0.2, 0) is 0 Å². The van der Waals surface area contributed by atoms with Crippen LogP contribution in [0.3, 0.4) is 0 Å². The first-order valence-corrected chi connectivity index (χ1v) is 13.3. The summed E-state index contributed by atoms with van der Waals surface area (Å²) >= 11 is 0. The Hall–Kier alpha value is -2.62. The molecule has 0 heterocycles. The SMILES string of the molecule is CCCCCCCCOc1cccc2c1C(=O)c1cccc(OCCCCCCCC)c1C2=O. The molecule has 3 rings (SSSR count). The highest BCUT2D eigenvalue weighted by molar-refractivity contribution is 6.30. The first kappa shape index (κ1) is 26.0. The topological polar surface area (TPSA) is 52.6 Å². The molecule has 0 aliphatic heterocycles. The van der Waals surface area contributed by atoms with Crippen LogP contribution in [0.15, 0.2) is 36.4 Å². The molecule has 0 fully saturated rings. The molecular formula is C30H40O4. The van der Waals surface area contributed by atoms with Crippen LogP contribution in [0.25, 0.3) is 0 Å². The molecule has 0 amide bonds. The molecule has 1 aliphatic carbocycles. The fourth-order valence-corrected chi connectivity index (χ4v) is 4.55. The highest BCUT2D eigenvalue weighted by Crippen LogP contribution is 2.37. The summed E-state index contributed by atoms with van der Waals surface area (Å²) in [5, 5.41) is 0. The molecule has 0 spiro atoms. The van der Waals surface area contributed by atoms with Gasteiger partial charge in [-0.05, 0) is 25.0 Å². The molecule has 0 radical (unpaired) electrons. The van der Waals surface area contributed by atoms with Crippen LogP contribution in [0.1, 0.15) is 123 Å². The van der Waals surface area contributed by atoms with E-state index in [1.807, 2.05) is 0 Å². The van der Waals surface area contributed by atoms with Crippen molar-refractivity contribution in [2.45, 2.75) is 90.9 Å². The standard InChI is InChI=1S/C30H40O4/c1-3-5-7-9-11-13-21-33-25-19-15-17-23-27(25)29(31)24-18-16-20-26(28(24)30(23)32)34-22-14-12-10-8-6-4-2/h15-20H,3-14,21-22H2,1-2H3. The number of hydrogen-bond acceptors (Lipinski definition) is 4. The van der Waals surface area contributed by atoms with Crippen molar-refractivity contribution in [3.8, 4) is 11.5 Å². The van der Waals surface area contributed by atoms with Crippen LogP contribution in [0.4, 0.5) is 0 Å². The summed E-state index contributed by atoms with van der Waals surface area (Å²) in [5.74, 6) is 0.697. The van der Waals surface area contributed by atoms with Gasteiger partial charge in [0.15, 0.2) is 11.6 Å². The molecule has 0 N–H and O–H groups in total. The summed E-state index contributed by atoms with van der Waals surface area (Å²) in [6.45, 7) is 5.53. The normalized spacial score (nSPS) is 12.4. The number of fused-ring (bicyclic) bond motifs is 2. The van der Waals surface area contributed by atoms with Gasteiger partial charge < -0.3 is 9.47 Å². The number of carbonyl (C=O) groups excluding carboxylic acids is 2. The van der Waals surface area contributed by atoms with Crippen molar-refractivity contribution in [3.05, 3.63) is 58.7 Å². The van der Waals surface area contributed by atoms with Gasteiger partial charge in [0, 0.05) is 11.1 Å². The number of benzene rings is 2. The Morgan fingerprint density at radius 2 is 0.912 bits per heavy atom. The van der Waals surface area contributed by atoms with Gasteiger partial charge in [0.25, 0.3) is 0 Å².